The molecule has 43 heavy (non-hydrogen) atoms. The van der Waals surface area contributed by atoms with Crippen LogP contribution in [0.2, 0.25) is 0 Å². The van der Waals surface area contributed by atoms with Crippen LogP contribution in [0.4, 0.5) is 0 Å². The van der Waals surface area contributed by atoms with Gasteiger partial charge in [-0.2, -0.15) is 5.26 Å². The summed E-state index contributed by atoms with van der Waals surface area (Å²) in [5.41, 5.74) is -5.39. The topological polar surface area (TPSA) is 158 Å². The monoisotopic (exact) mass is 634 g/mol. The summed E-state index contributed by atoms with van der Waals surface area (Å²) >= 11 is 0. The van der Waals surface area contributed by atoms with Gasteiger partial charge >= 0.3 is 0 Å². The number of nitriles is 1. The number of hydrogen-bond donors (Lipinski definition) is 2. The van der Waals surface area contributed by atoms with E-state index in [4.69, 9.17) is 0 Å². The Labute approximate surface area is 256 Å². The zero-order valence-corrected chi connectivity index (χ0v) is 28.3. The summed E-state index contributed by atoms with van der Waals surface area (Å²) in [5, 5.41) is 21.8. The number of Topliss-reactive ketones (excluding diaryl/α,β-unsaturated/α-hetero) is 1. The lowest BCUT2D eigenvalue weighted by molar-refractivity contribution is -0.239. The van der Waals surface area contributed by atoms with E-state index < -0.39 is 74.9 Å². The summed E-state index contributed by atoms with van der Waals surface area (Å²) < 4.78 is 52.1. The lowest BCUT2D eigenvalue weighted by Crippen LogP contribution is -2.74. The number of allylic oxidation sites excluding steroid dienone is 3. The summed E-state index contributed by atoms with van der Waals surface area (Å²) in [6.45, 7) is 13.7. The zero-order chi connectivity index (χ0) is 32.4. The second-order valence-electron chi connectivity index (χ2n) is 16.2. The van der Waals surface area contributed by atoms with Crippen molar-refractivity contribution in [3.63, 3.8) is 0 Å². The van der Waals surface area contributed by atoms with E-state index in [2.05, 4.69) is 24.6 Å². The standard InChI is InChI=1S/C32H46N2O7S2/c1-26(2)21-9-10-30(6)22(29(21,5)16-20(18-33)25(26)36)15-24(35)32(37)23-17-28(4,34-43(40,41)19-42(8,38)39)13-11-27(23,3)12-14-31(30,32)7/h15-16,21,23,34,37H,9-14,17,19H2,1-8H3/t21-,23+,27+,28-,29-,30+,31-,32+/m0/s1. The molecule has 0 radical (unpaired) electrons. The lowest BCUT2D eigenvalue weighted by atomic mass is 9.33. The molecule has 238 valence electrons. The molecule has 5 aliphatic rings. The average Bonchev–Trinajstić information content (AvgIpc) is 2.85. The van der Waals surface area contributed by atoms with Crippen molar-refractivity contribution >= 4 is 31.4 Å². The number of carbonyl (C=O) groups excluding carboxylic acids is 2. The normalized spacial score (nSPS) is 45.9. The Morgan fingerprint density at radius 3 is 2.14 bits per heavy atom. The predicted octanol–water partition coefficient (Wildman–Crippen LogP) is 3.99. The molecule has 9 nitrogen and oxygen atoms in total. The van der Waals surface area contributed by atoms with Gasteiger partial charge in [0.1, 0.15) is 11.7 Å². The van der Waals surface area contributed by atoms with Gasteiger partial charge in [-0.3, -0.25) is 9.59 Å². The minimum absolute atomic E-state index is 0.105. The molecule has 0 amide bonds. The van der Waals surface area contributed by atoms with E-state index >= 15 is 0 Å². The molecule has 0 bridgehead atoms. The van der Waals surface area contributed by atoms with Gasteiger partial charge in [0.2, 0.25) is 10.0 Å². The molecule has 0 saturated heterocycles. The van der Waals surface area contributed by atoms with Crippen molar-refractivity contribution in [1.82, 2.24) is 4.72 Å². The summed E-state index contributed by atoms with van der Waals surface area (Å²) in [4.78, 5) is 27.8. The Bertz CT molecular complexity index is 1640. The first-order valence-electron chi connectivity index (χ1n) is 15.2. The Balaban J connectivity index is 1.64. The molecule has 0 aromatic rings. The van der Waals surface area contributed by atoms with Gasteiger partial charge in [0.05, 0.1) is 5.57 Å². The number of rotatable bonds is 4. The van der Waals surface area contributed by atoms with Gasteiger partial charge in [-0.1, -0.05) is 47.6 Å². The van der Waals surface area contributed by atoms with Crippen LogP contribution in [0.25, 0.3) is 0 Å². The highest BCUT2D eigenvalue weighted by Gasteiger charge is 2.75. The second-order valence-corrected chi connectivity index (χ2v) is 20.4. The number of carbonyl (C=O) groups is 2. The molecule has 3 saturated carbocycles. The van der Waals surface area contributed by atoms with Crippen molar-refractivity contribution in [2.45, 2.75) is 105 Å². The Kier molecular flexibility index (Phi) is 6.89. The Morgan fingerprint density at radius 2 is 1.56 bits per heavy atom. The molecular formula is C32H46N2O7S2. The first-order valence-corrected chi connectivity index (χ1v) is 18.9. The van der Waals surface area contributed by atoms with Crippen molar-refractivity contribution in [2.24, 2.45) is 38.9 Å². The van der Waals surface area contributed by atoms with Crippen LogP contribution < -0.4 is 4.72 Å². The van der Waals surface area contributed by atoms with Crippen LogP contribution in [0.5, 0.6) is 0 Å². The average molecular weight is 635 g/mol. The van der Waals surface area contributed by atoms with E-state index in [1.54, 1.807) is 19.1 Å². The lowest BCUT2D eigenvalue weighted by Gasteiger charge is -2.71. The van der Waals surface area contributed by atoms with Crippen molar-refractivity contribution < 1.29 is 31.5 Å². The van der Waals surface area contributed by atoms with Gasteiger partial charge in [-0.15, -0.1) is 0 Å². The first kappa shape index (κ1) is 32.5. The quantitative estimate of drug-likeness (QED) is 0.470. The zero-order valence-electron chi connectivity index (χ0n) is 26.6. The summed E-state index contributed by atoms with van der Waals surface area (Å²) in [5.74, 6) is -1.30. The maximum atomic E-state index is 14.5. The maximum absolute atomic E-state index is 14.5. The third-order valence-electron chi connectivity index (χ3n) is 13.0. The molecule has 0 unspecified atom stereocenters. The molecule has 0 aromatic carbocycles. The fourth-order valence-corrected chi connectivity index (χ4v) is 14.0. The van der Waals surface area contributed by atoms with E-state index in [0.29, 0.717) is 32.1 Å². The highest BCUT2D eigenvalue weighted by molar-refractivity contribution is 8.06. The van der Waals surface area contributed by atoms with Crippen LogP contribution in [0, 0.1) is 50.2 Å². The number of sulfone groups is 1. The molecule has 8 atom stereocenters. The smallest absolute Gasteiger partial charge is 0.226 e. The third kappa shape index (κ3) is 4.33. The van der Waals surface area contributed by atoms with Crippen molar-refractivity contribution in [3.8, 4) is 6.07 Å². The van der Waals surface area contributed by atoms with Crippen LogP contribution in [0.1, 0.15) is 93.4 Å². The van der Waals surface area contributed by atoms with E-state index in [1.165, 1.54) is 0 Å². The Hall–Kier alpha value is -1.87. The molecule has 5 aliphatic carbocycles. The fraction of sp³-hybridized carbons (Fsp3) is 0.781. The van der Waals surface area contributed by atoms with Crippen molar-refractivity contribution in [3.05, 3.63) is 23.3 Å². The van der Waals surface area contributed by atoms with Crippen LogP contribution in [-0.4, -0.2) is 56.0 Å². The van der Waals surface area contributed by atoms with E-state index in [0.717, 1.165) is 18.2 Å². The summed E-state index contributed by atoms with van der Waals surface area (Å²) in [6, 6.07) is 2.10. The maximum Gasteiger partial charge on any atom is 0.226 e. The SMILES string of the molecule is CC1(C)C(=O)C(C#N)=C[C@]2(C)C3=CC(=O)[C@]4(O)[C@@H]5C[C@@](C)(NS(=O)(=O)CS(C)(=O)=O)CC[C@]5(C)CC[C@@]4(C)[C@]3(C)CC[C@@H]12. The largest absolute Gasteiger partial charge is 0.381 e. The molecule has 2 N–H and O–H groups in total. The third-order valence-corrected chi connectivity index (χ3v) is 16.8. The van der Waals surface area contributed by atoms with Gasteiger partial charge in [0.15, 0.2) is 26.5 Å². The highest BCUT2D eigenvalue weighted by atomic mass is 32.3. The predicted molar refractivity (Wildman–Crippen MR) is 162 cm³/mol. The van der Waals surface area contributed by atoms with Gasteiger partial charge in [0.25, 0.3) is 0 Å². The molecule has 5 rings (SSSR count). The molecular weight excluding hydrogens is 588 g/mol. The second kappa shape index (κ2) is 9.11. The fourth-order valence-electron chi connectivity index (χ4n) is 10.5. The minimum Gasteiger partial charge on any atom is -0.381 e. The number of hydrogen-bond acceptors (Lipinski definition) is 8. The first-order chi connectivity index (χ1) is 19.3. The van der Waals surface area contributed by atoms with Gasteiger partial charge in [-0.05, 0) is 80.3 Å². The number of nitrogens with zero attached hydrogens (tertiary/aromatic N) is 1. The molecule has 11 heteroatoms. The number of nitrogens with one attached hydrogen (secondary N) is 1. The van der Waals surface area contributed by atoms with Gasteiger partial charge in [-0.25, -0.2) is 21.6 Å². The summed E-state index contributed by atoms with van der Waals surface area (Å²) in [6.07, 6.45) is 8.10. The minimum atomic E-state index is -4.19. The number of aliphatic hydroxyl groups is 1. The van der Waals surface area contributed by atoms with Crippen LogP contribution >= 0.6 is 0 Å². The van der Waals surface area contributed by atoms with Gasteiger partial charge < -0.3 is 5.11 Å². The van der Waals surface area contributed by atoms with Crippen LogP contribution in [-0.2, 0) is 29.4 Å². The Morgan fingerprint density at radius 1 is 0.953 bits per heavy atom. The van der Waals surface area contributed by atoms with Crippen molar-refractivity contribution in [2.75, 3.05) is 11.3 Å². The molecule has 0 aromatic heterocycles. The van der Waals surface area contributed by atoms with E-state index in [1.807, 2.05) is 27.7 Å². The number of ketones is 2. The molecule has 0 heterocycles. The number of fused-ring (bicyclic) bond motifs is 7. The van der Waals surface area contributed by atoms with E-state index in [-0.39, 0.29) is 23.7 Å². The molecule has 0 spiro atoms. The number of sulfonamides is 1. The molecule has 0 aliphatic heterocycles. The molecule has 3 fully saturated rings. The van der Waals surface area contributed by atoms with Gasteiger partial charge in [0, 0.05) is 34.0 Å². The summed E-state index contributed by atoms with van der Waals surface area (Å²) in [7, 11) is -7.99. The van der Waals surface area contributed by atoms with Crippen LogP contribution in [0.3, 0.4) is 0 Å². The van der Waals surface area contributed by atoms with Crippen molar-refractivity contribution in [1.29, 1.82) is 5.26 Å². The van der Waals surface area contributed by atoms with Crippen LogP contribution in [0.15, 0.2) is 23.3 Å². The van der Waals surface area contributed by atoms with E-state index in [9.17, 15) is 36.8 Å². The highest BCUT2D eigenvalue weighted by Crippen LogP contribution is 2.75.